The standard InChI is InChI=1S/C12H23N3/c1-9-6-15(7-10(9)2)11(3)5-12(4,14)8-13/h9-11H,5-7,14H2,1-4H3. The Morgan fingerprint density at radius 1 is 1.47 bits per heavy atom. The van der Waals surface area contributed by atoms with Crippen molar-refractivity contribution in [1.82, 2.24) is 4.90 Å². The summed E-state index contributed by atoms with van der Waals surface area (Å²) in [6.45, 7) is 10.9. The number of likely N-dealkylation sites (tertiary alicyclic amines) is 1. The Morgan fingerprint density at radius 3 is 2.33 bits per heavy atom. The van der Waals surface area contributed by atoms with Crippen LogP contribution in [-0.4, -0.2) is 29.6 Å². The molecule has 4 unspecified atom stereocenters. The summed E-state index contributed by atoms with van der Waals surface area (Å²) in [5.41, 5.74) is 5.18. The van der Waals surface area contributed by atoms with Gasteiger partial charge in [0.25, 0.3) is 0 Å². The van der Waals surface area contributed by atoms with Gasteiger partial charge in [-0.25, -0.2) is 0 Å². The summed E-state index contributed by atoms with van der Waals surface area (Å²) in [4.78, 5) is 2.46. The molecule has 0 spiro atoms. The van der Waals surface area contributed by atoms with E-state index < -0.39 is 5.54 Å². The third-order valence-corrected chi connectivity index (χ3v) is 3.61. The lowest BCUT2D eigenvalue weighted by atomic mass is 9.96. The monoisotopic (exact) mass is 209 g/mol. The normalized spacial score (nSPS) is 33.3. The van der Waals surface area contributed by atoms with Crippen LogP contribution in [0.5, 0.6) is 0 Å². The van der Waals surface area contributed by atoms with Crippen LogP contribution in [0, 0.1) is 23.2 Å². The van der Waals surface area contributed by atoms with Gasteiger partial charge in [0, 0.05) is 19.1 Å². The molecule has 0 bridgehead atoms. The second-order valence-corrected chi connectivity index (χ2v) is 5.49. The topological polar surface area (TPSA) is 53.0 Å². The number of nitrogens with two attached hydrogens (primary N) is 1. The molecule has 3 nitrogen and oxygen atoms in total. The summed E-state index contributed by atoms with van der Waals surface area (Å²) in [5.74, 6) is 1.53. The van der Waals surface area contributed by atoms with E-state index in [0.717, 1.165) is 31.3 Å². The molecule has 0 aromatic carbocycles. The maximum atomic E-state index is 8.90. The van der Waals surface area contributed by atoms with Crippen molar-refractivity contribution in [2.24, 2.45) is 17.6 Å². The second-order valence-electron chi connectivity index (χ2n) is 5.49. The molecule has 2 N–H and O–H groups in total. The molecule has 0 saturated carbocycles. The highest BCUT2D eigenvalue weighted by Gasteiger charge is 2.32. The first-order valence-corrected chi connectivity index (χ1v) is 5.80. The Labute approximate surface area is 93.2 Å². The molecule has 15 heavy (non-hydrogen) atoms. The van der Waals surface area contributed by atoms with Gasteiger partial charge < -0.3 is 10.6 Å². The highest BCUT2D eigenvalue weighted by molar-refractivity contribution is 5.03. The van der Waals surface area contributed by atoms with E-state index in [4.69, 9.17) is 11.0 Å². The number of nitrogens with zero attached hydrogens (tertiary/aromatic N) is 2. The summed E-state index contributed by atoms with van der Waals surface area (Å²) >= 11 is 0. The van der Waals surface area contributed by atoms with Gasteiger partial charge in [-0.3, -0.25) is 0 Å². The Kier molecular flexibility index (Phi) is 3.75. The zero-order chi connectivity index (χ0) is 11.6. The molecule has 1 aliphatic rings. The lowest BCUT2D eigenvalue weighted by molar-refractivity contribution is 0.217. The van der Waals surface area contributed by atoms with Gasteiger partial charge >= 0.3 is 0 Å². The van der Waals surface area contributed by atoms with Crippen LogP contribution < -0.4 is 5.73 Å². The molecular weight excluding hydrogens is 186 g/mol. The minimum atomic E-state index is -0.686. The van der Waals surface area contributed by atoms with E-state index in [1.54, 1.807) is 0 Å². The van der Waals surface area contributed by atoms with Gasteiger partial charge in [0.1, 0.15) is 5.54 Å². The van der Waals surface area contributed by atoms with E-state index in [1.165, 1.54) is 0 Å². The first-order chi connectivity index (χ1) is 6.85. The molecule has 0 radical (unpaired) electrons. The number of hydrogen-bond donors (Lipinski definition) is 1. The van der Waals surface area contributed by atoms with Gasteiger partial charge in [-0.1, -0.05) is 13.8 Å². The number of rotatable bonds is 3. The molecule has 3 heteroatoms. The molecule has 1 rings (SSSR count). The van der Waals surface area contributed by atoms with E-state index in [0.29, 0.717) is 6.04 Å². The van der Waals surface area contributed by atoms with E-state index in [2.05, 4.69) is 31.7 Å². The van der Waals surface area contributed by atoms with Crippen molar-refractivity contribution in [3.05, 3.63) is 0 Å². The molecule has 4 atom stereocenters. The molecule has 1 saturated heterocycles. The molecule has 0 aromatic heterocycles. The summed E-state index contributed by atoms with van der Waals surface area (Å²) in [6.07, 6.45) is 0.753. The van der Waals surface area contributed by atoms with Crippen molar-refractivity contribution >= 4 is 0 Å². The Bertz CT molecular complexity index is 244. The first-order valence-electron chi connectivity index (χ1n) is 5.80. The van der Waals surface area contributed by atoms with Gasteiger partial charge in [-0.2, -0.15) is 5.26 Å². The zero-order valence-corrected chi connectivity index (χ0v) is 10.3. The Balaban J connectivity index is 2.49. The molecule has 0 aromatic rings. The van der Waals surface area contributed by atoms with Gasteiger partial charge in [0.2, 0.25) is 0 Å². The molecule has 1 fully saturated rings. The van der Waals surface area contributed by atoms with Gasteiger partial charge in [0.05, 0.1) is 6.07 Å². The van der Waals surface area contributed by atoms with Crippen LogP contribution in [0.1, 0.15) is 34.1 Å². The van der Waals surface area contributed by atoms with Crippen LogP contribution in [0.2, 0.25) is 0 Å². The molecule has 0 aliphatic carbocycles. The van der Waals surface area contributed by atoms with Crippen LogP contribution in [0.25, 0.3) is 0 Å². The van der Waals surface area contributed by atoms with Crippen molar-refractivity contribution in [2.75, 3.05) is 13.1 Å². The fraction of sp³-hybridized carbons (Fsp3) is 0.917. The fourth-order valence-electron chi connectivity index (χ4n) is 2.32. The summed E-state index contributed by atoms with van der Waals surface area (Å²) in [5, 5.41) is 8.90. The second kappa shape index (κ2) is 4.51. The molecule has 0 amide bonds. The first kappa shape index (κ1) is 12.5. The van der Waals surface area contributed by atoms with Crippen molar-refractivity contribution < 1.29 is 0 Å². The van der Waals surface area contributed by atoms with Gasteiger partial charge in [-0.05, 0) is 32.1 Å². The van der Waals surface area contributed by atoms with Crippen LogP contribution >= 0.6 is 0 Å². The summed E-state index contributed by atoms with van der Waals surface area (Å²) < 4.78 is 0. The third kappa shape index (κ3) is 3.19. The van der Waals surface area contributed by atoms with Crippen LogP contribution in [0.15, 0.2) is 0 Å². The lowest BCUT2D eigenvalue weighted by Crippen LogP contribution is -2.43. The highest BCUT2D eigenvalue weighted by atomic mass is 15.2. The van der Waals surface area contributed by atoms with Crippen LogP contribution in [-0.2, 0) is 0 Å². The quantitative estimate of drug-likeness (QED) is 0.768. The lowest BCUT2D eigenvalue weighted by Gasteiger charge is -2.28. The summed E-state index contributed by atoms with van der Waals surface area (Å²) in [6, 6.07) is 2.58. The maximum Gasteiger partial charge on any atom is 0.102 e. The molecular formula is C12H23N3. The third-order valence-electron chi connectivity index (χ3n) is 3.61. The van der Waals surface area contributed by atoms with Crippen molar-refractivity contribution in [1.29, 1.82) is 5.26 Å². The number of hydrogen-bond acceptors (Lipinski definition) is 3. The number of nitriles is 1. The van der Waals surface area contributed by atoms with E-state index >= 15 is 0 Å². The van der Waals surface area contributed by atoms with E-state index in [1.807, 2.05) is 6.92 Å². The maximum absolute atomic E-state index is 8.90. The van der Waals surface area contributed by atoms with Crippen molar-refractivity contribution in [3.8, 4) is 6.07 Å². The molecule has 1 heterocycles. The van der Waals surface area contributed by atoms with Crippen molar-refractivity contribution in [2.45, 2.75) is 45.7 Å². The van der Waals surface area contributed by atoms with E-state index in [9.17, 15) is 0 Å². The van der Waals surface area contributed by atoms with Gasteiger partial charge in [0.15, 0.2) is 0 Å². The van der Waals surface area contributed by atoms with Crippen LogP contribution in [0.3, 0.4) is 0 Å². The van der Waals surface area contributed by atoms with Gasteiger partial charge in [-0.15, -0.1) is 0 Å². The minimum absolute atomic E-state index is 0.409. The minimum Gasteiger partial charge on any atom is -0.314 e. The average Bonchev–Trinajstić information content (AvgIpc) is 2.47. The SMILES string of the molecule is CC1CN(C(C)CC(C)(N)C#N)CC1C. The largest absolute Gasteiger partial charge is 0.314 e. The smallest absolute Gasteiger partial charge is 0.102 e. The fourth-order valence-corrected chi connectivity index (χ4v) is 2.32. The zero-order valence-electron chi connectivity index (χ0n) is 10.3. The molecule has 1 aliphatic heterocycles. The average molecular weight is 209 g/mol. The van der Waals surface area contributed by atoms with E-state index in [-0.39, 0.29) is 0 Å². The Morgan fingerprint density at radius 2 is 1.93 bits per heavy atom. The summed E-state index contributed by atoms with van der Waals surface area (Å²) in [7, 11) is 0. The highest BCUT2D eigenvalue weighted by Crippen LogP contribution is 2.26. The predicted molar refractivity (Wildman–Crippen MR) is 62.2 cm³/mol. The predicted octanol–water partition coefficient (Wildman–Crippen LogP) is 1.59. The van der Waals surface area contributed by atoms with Crippen molar-refractivity contribution in [3.63, 3.8) is 0 Å². The van der Waals surface area contributed by atoms with Crippen LogP contribution in [0.4, 0.5) is 0 Å². The molecule has 86 valence electrons. The Hall–Kier alpha value is -0.590.